The number of aromatic nitrogens is 2. The van der Waals surface area contributed by atoms with Crippen LogP contribution in [0.4, 0.5) is 0 Å². The summed E-state index contributed by atoms with van der Waals surface area (Å²) in [6, 6.07) is 3.59. The van der Waals surface area contributed by atoms with E-state index in [2.05, 4.69) is 4.98 Å². The Kier molecular flexibility index (Phi) is 2.83. The second-order valence-corrected chi connectivity index (χ2v) is 4.05. The van der Waals surface area contributed by atoms with Crippen molar-refractivity contribution in [2.24, 2.45) is 0 Å². The minimum absolute atomic E-state index is 0.0984. The molecule has 2 aromatic rings. The summed E-state index contributed by atoms with van der Waals surface area (Å²) in [6.07, 6.45) is 2.32. The number of halogens is 1. The zero-order valence-corrected chi connectivity index (χ0v) is 9.53. The molecule has 4 nitrogen and oxygen atoms in total. The zero-order chi connectivity index (χ0) is 11.7. The lowest BCUT2D eigenvalue weighted by atomic mass is 10.2. The number of hydrogen-bond acceptors (Lipinski definition) is 2. The van der Waals surface area contributed by atoms with E-state index >= 15 is 0 Å². The monoisotopic (exact) mass is 238 g/mol. The van der Waals surface area contributed by atoms with Gasteiger partial charge in [-0.05, 0) is 19.1 Å². The van der Waals surface area contributed by atoms with E-state index in [1.807, 2.05) is 17.4 Å². The number of carboxylic acid groups (broad SMARTS) is 1. The number of fused-ring (bicyclic) bond motifs is 1. The standard InChI is InChI=1S/C11H11ClN2O2/c1-7-9(3-5-11(15)16)14-6-8(12)2-4-10(14)13-7/h2,4,6H,3,5H2,1H3,(H,15,16). The molecule has 2 rings (SSSR count). The number of aryl methyl sites for hydroxylation is 2. The highest BCUT2D eigenvalue weighted by Crippen LogP contribution is 2.17. The average Bonchev–Trinajstić information content (AvgIpc) is 2.51. The lowest BCUT2D eigenvalue weighted by molar-refractivity contribution is -0.136. The fourth-order valence-corrected chi connectivity index (χ4v) is 1.87. The van der Waals surface area contributed by atoms with Gasteiger partial charge in [-0.1, -0.05) is 11.6 Å². The first kappa shape index (κ1) is 11.0. The average molecular weight is 239 g/mol. The normalized spacial score (nSPS) is 10.9. The molecule has 16 heavy (non-hydrogen) atoms. The molecule has 0 aliphatic heterocycles. The van der Waals surface area contributed by atoms with Gasteiger partial charge in [-0.25, -0.2) is 4.98 Å². The van der Waals surface area contributed by atoms with Gasteiger partial charge in [0.15, 0.2) is 0 Å². The molecule has 0 bridgehead atoms. The van der Waals surface area contributed by atoms with Crippen molar-refractivity contribution in [2.45, 2.75) is 19.8 Å². The van der Waals surface area contributed by atoms with Gasteiger partial charge in [0, 0.05) is 18.3 Å². The van der Waals surface area contributed by atoms with Crippen molar-refractivity contribution in [3.8, 4) is 0 Å². The van der Waals surface area contributed by atoms with E-state index in [9.17, 15) is 4.79 Å². The Morgan fingerprint density at radius 1 is 1.56 bits per heavy atom. The second-order valence-electron chi connectivity index (χ2n) is 3.61. The van der Waals surface area contributed by atoms with E-state index < -0.39 is 5.97 Å². The van der Waals surface area contributed by atoms with Crippen molar-refractivity contribution in [1.29, 1.82) is 0 Å². The number of hydrogen-bond donors (Lipinski definition) is 1. The molecule has 0 atom stereocenters. The fourth-order valence-electron chi connectivity index (χ4n) is 1.71. The SMILES string of the molecule is Cc1nc2ccc(Cl)cn2c1CCC(=O)O. The molecular formula is C11H11ClN2O2. The third-order valence-corrected chi connectivity index (χ3v) is 2.68. The summed E-state index contributed by atoms with van der Waals surface area (Å²) < 4.78 is 1.85. The van der Waals surface area contributed by atoms with Crippen LogP contribution in [0.1, 0.15) is 17.8 Å². The summed E-state index contributed by atoms with van der Waals surface area (Å²) in [4.78, 5) is 14.9. The summed E-state index contributed by atoms with van der Waals surface area (Å²) >= 11 is 5.90. The Balaban J connectivity index is 2.45. The summed E-state index contributed by atoms with van der Waals surface area (Å²) in [5, 5.41) is 9.29. The fraction of sp³-hybridized carbons (Fsp3) is 0.273. The molecule has 0 unspecified atom stereocenters. The van der Waals surface area contributed by atoms with E-state index in [4.69, 9.17) is 16.7 Å². The van der Waals surface area contributed by atoms with Crippen molar-refractivity contribution in [2.75, 3.05) is 0 Å². The van der Waals surface area contributed by atoms with Gasteiger partial charge < -0.3 is 9.51 Å². The van der Waals surface area contributed by atoms with Crippen molar-refractivity contribution < 1.29 is 9.90 Å². The smallest absolute Gasteiger partial charge is 0.303 e. The molecule has 0 fully saturated rings. The van der Waals surface area contributed by atoms with Gasteiger partial charge in [-0.2, -0.15) is 0 Å². The largest absolute Gasteiger partial charge is 0.481 e. The first-order valence-corrected chi connectivity index (χ1v) is 5.30. The van der Waals surface area contributed by atoms with Gasteiger partial charge >= 0.3 is 5.97 Å². The third-order valence-electron chi connectivity index (χ3n) is 2.46. The van der Waals surface area contributed by atoms with Gasteiger partial charge in [0.25, 0.3) is 0 Å². The van der Waals surface area contributed by atoms with Crippen LogP contribution in [0.2, 0.25) is 5.02 Å². The number of rotatable bonds is 3. The Labute approximate surface area is 97.5 Å². The highest BCUT2D eigenvalue weighted by Gasteiger charge is 2.10. The van der Waals surface area contributed by atoms with Gasteiger partial charge in [-0.3, -0.25) is 4.79 Å². The van der Waals surface area contributed by atoms with Crippen LogP contribution in [0.3, 0.4) is 0 Å². The predicted molar refractivity (Wildman–Crippen MR) is 60.9 cm³/mol. The summed E-state index contributed by atoms with van der Waals surface area (Å²) in [5.41, 5.74) is 2.55. The van der Waals surface area contributed by atoms with Crippen LogP contribution in [-0.4, -0.2) is 20.5 Å². The van der Waals surface area contributed by atoms with Gasteiger partial charge in [0.05, 0.1) is 17.1 Å². The number of aliphatic carboxylic acids is 1. The van der Waals surface area contributed by atoms with E-state index in [1.165, 1.54) is 0 Å². The summed E-state index contributed by atoms with van der Waals surface area (Å²) in [6.45, 7) is 1.87. The minimum Gasteiger partial charge on any atom is -0.481 e. The molecule has 84 valence electrons. The molecule has 1 N–H and O–H groups in total. The van der Waals surface area contributed by atoms with Crippen LogP contribution < -0.4 is 0 Å². The molecule has 2 aromatic heterocycles. The Morgan fingerprint density at radius 2 is 2.31 bits per heavy atom. The first-order chi connectivity index (χ1) is 7.58. The molecule has 0 saturated heterocycles. The molecule has 0 aromatic carbocycles. The van der Waals surface area contributed by atoms with Crippen molar-refractivity contribution in [1.82, 2.24) is 9.38 Å². The Hall–Kier alpha value is -1.55. The third kappa shape index (κ3) is 2.02. The molecule has 0 saturated carbocycles. The molecule has 0 radical (unpaired) electrons. The number of pyridine rings is 1. The molecule has 0 aliphatic rings. The molecule has 0 aliphatic carbocycles. The molecular weight excluding hydrogens is 228 g/mol. The van der Waals surface area contributed by atoms with Crippen LogP contribution >= 0.6 is 11.6 Å². The summed E-state index contributed by atoms with van der Waals surface area (Å²) in [5.74, 6) is -0.809. The van der Waals surface area contributed by atoms with Gasteiger partial charge in [0.1, 0.15) is 5.65 Å². The van der Waals surface area contributed by atoms with Crippen LogP contribution in [0, 0.1) is 6.92 Å². The number of carboxylic acids is 1. The van der Waals surface area contributed by atoms with E-state index in [-0.39, 0.29) is 6.42 Å². The minimum atomic E-state index is -0.809. The van der Waals surface area contributed by atoms with Crippen LogP contribution in [0.15, 0.2) is 18.3 Å². The van der Waals surface area contributed by atoms with E-state index in [0.29, 0.717) is 11.4 Å². The lowest BCUT2D eigenvalue weighted by Gasteiger charge is -2.01. The molecule has 2 heterocycles. The molecule has 0 spiro atoms. The van der Waals surface area contributed by atoms with Gasteiger partial charge in [-0.15, -0.1) is 0 Å². The van der Waals surface area contributed by atoms with Crippen molar-refractivity contribution >= 4 is 23.2 Å². The predicted octanol–water partition coefficient (Wildman–Crippen LogP) is 2.31. The molecule has 5 heteroatoms. The maximum absolute atomic E-state index is 10.6. The lowest BCUT2D eigenvalue weighted by Crippen LogP contribution is -2.01. The quantitative estimate of drug-likeness (QED) is 0.893. The number of carbonyl (C=O) groups is 1. The zero-order valence-electron chi connectivity index (χ0n) is 8.77. The van der Waals surface area contributed by atoms with Crippen LogP contribution in [0.25, 0.3) is 5.65 Å². The van der Waals surface area contributed by atoms with E-state index in [0.717, 1.165) is 17.0 Å². The maximum atomic E-state index is 10.6. The topological polar surface area (TPSA) is 54.6 Å². The molecule has 0 amide bonds. The summed E-state index contributed by atoms with van der Waals surface area (Å²) in [7, 11) is 0. The number of imidazole rings is 1. The van der Waals surface area contributed by atoms with E-state index in [1.54, 1.807) is 12.3 Å². The maximum Gasteiger partial charge on any atom is 0.303 e. The van der Waals surface area contributed by atoms with Crippen LogP contribution in [-0.2, 0) is 11.2 Å². The highest BCUT2D eigenvalue weighted by molar-refractivity contribution is 6.30. The van der Waals surface area contributed by atoms with Gasteiger partial charge in [0.2, 0.25) is 0 Å². The van der Waals surface area contributed by atoms with Crippen LogP contribution in [0.5, 0.6) is 0 Å². The van der Waals surface area contributed by atoms with Crippen molar-refractivity contribution in [3.63, 3.8) is 0 Å². The first-order valence-electron chi connectivity index (χ1n) is 4.93. The van der Waals surface area contributed by atoms with Crippen molar-refractivity contribution in [3.05, 3.63) is 34.7 Å². The Bertz CT molecular complexity index is 548. The Morgan fingerprint density at radius 3 is 3.00 bits per heavy atom. The second kappa shape index (κ2) is 4.14. The number of nitrogens with zero attached hydrogens (tertiary/aromatic N) is 2. The highest BCUT2D eigenvalue weighted by atomic mass is 35.5.